The van der Waals surface area contributed by atoms with E-state index in [4.69, 9.17) is 11.6 Å². The van der Waals surface area contributed by atoms with E-state index in [0.717, 1.165) is 41.0 Å². The molecule has 4 nitrogen and oxygen atoms in total. The van der Waals surface area contributed by atoms with Gasteiger partial charge in [0.1, 0.15) is 5.82 Å². The van der Waals surface area contributed by atoms with Crippen LogP contribution >= 0.6 is 11.6 Å². The molecule has 0 unspecified atom stereocenters. The third-order valence-corrected chi connectivity index (χ3v) is 6.04. The van der Waals surface area contributed by atoms with Crippen LogP contribution in [0.3, 0.4) is 0 Å². The number of hydrogen-bond donors (Lipinski definition) is 1. The number of rotatable bonds is 6. The van der Waals surface area contributed by atoms with Crippen LogP contribution in [0, 0.1) is 19.7 Å². The van der Waals surface area contributed by atoms with Crippen LogP contribution < -0.4 is 5.32 Å². The summed E-state index contributed by atoms with van der Waals surface area (Å²) in [5.41, 5.74) is 4.66. The lowest BCUT2D eigenvalue weighted by Crippen LogP contribution is -2.33. The summed E-state index contributed by atoms with van der Waals surface area (Å²) in [5, 5.41) is 8.34. The van der Waals surface area contributed by atoms with Gasteiger partial charge in [0, 0.05) is 28.2 Å². The zero-order valence-corrected chi connectivity index (χ0v) is 17.3. The van der Waals surface area contributed by atoms with Gasteiger partial charge >= 0.3 is 0 Å². The molecule has 1 N–H and O–H groups in total. The minimum atomic E-state index is -0.239. The lowest BCUT2D eigenvalue weighted by Gasteiger charge is -2.17. The molecule has 1 aliphatic rings. The molecule has 0 bridgehead atoms. The maximum atomic E-state index is 13.2. The lowest BCUT2D eigenvalue weighted by atomic mass is 9.96. The predicted octanol–water partition coefficient (Wildman–Crippen LogP) is 4.67. The van der Waals surface area contributed by atoms with Gasteiger partial charge in [-0.25, -0.2) is 9.07 Å². The maximum absolute atomic E-state index is 13.2. The van der Waals surface area contributed by atoms with E-state index in [2.05, 4.69) is 10.4 Å². The number of amides is 1. The Balaban J connectivity index is 1.44. The summed E-state index contributed by atoms with van der Waals surface area (Å²) in [6.07, 6.45) is 2.29. The SMILES string of the molecule is Cc1nn(-c2ccc(Cl)cc2)c(C)c1CC(=O)NCC1(c2ccc(F)cc2)CC1. The lowest BCUT2D eigenvalue weighted by molar-refractivity contribution is -0.120. The first kappa shape index (κ1) is 19.6. The van der Waals surface area contributed by atoms with Crippen molar-refractivity contribution in [1.29, 1.82) is 0 Å². The number of halogens is 2. The second-order valence-electron chi connectivity index (χ2n) is 7.78. The minimum absolute atomic E-state index is 0.0276. The highest BCUT2D eigenvalue weighted by Gasteiger charge is 2.44. The first-order chi connectivity index (χ1) is 13.9. The van der Waals surface area contributed by atoms with Crippen LogP contribution in [0.4, 0.5) is 4.39 Å². The Morgan fingerprint density at radius 3 is 2.41 bits per heavy atom. The zero-order chi connectivity index (χ0) is 20.6. The molecule has 0 saturated heterocycles. The molecule has 3 aromatic rings. The first-order valence-corrected chi connectivity index (χ1v) is 10.1. The number of aryl methyl sites for hydroxylation is 1. The van der Waals surface area contributed by atoms with Crippen molar-refractivity contribution >= 4 is 17.5 Å². The van der Waals surface area contributed by atoms with Crippen molar-refractivity contribution in [2.24, 2.45) is 0 Å². The number of nitrogens with zero attached hydrogens (tertiary/aromatic N) is 2. The van der Waals surface area contributed by atoms with Crippen LogP contribution in [0.15, 0.2) is 48.5 Å². The topological polar surface area (TPSA) is 46.9 Å². The summed E-state index contributed by atoms with van der Waals surface area (Å²) in [7, 11) is 0. The second-order valence-corrected chi connectivity index (χ2v) is 8.21. The molecule has 1 aliphatic carbocycles. The van der Waals surface area contributed by atoms with Crippen molar-refractivity contribution in [3.05, 3.63) is 81.9 Å². The molecule has 2 aromatic carbocycles. The van der Waals surface area contributed by atoms with Gasteiger partial charge in [0.25, 0.3) is 0 Å². The molecule has 150 valence electrons. The van der Waals surface area contributed by atoms with Crippen molar-refractivity contribution in [2.75, 3.05) is 6.54 Å². The summed E-state index contributed by atoms with van der Waals surface area (Å²) in [5.74, 6) is -0.266. The van der Waals surface area contributed by atoms with Crippen LogP contribution in [0.1, 0.15) is 35.4 Å². The predicted molar refractivity (Wildman–Crippen MR) is 112 cm³/mol. The number of benzene rings is 2. The number of carbonyl (C=O) groups is 1. The van der Waals surface area contributed by atoms with E-state index in [9.17, 15) is 9.18 Å². The average Bonchev–Trinajstić information content (AvgIpc) is 3.45. The number of hydrogen-bond acceptors (Lipinski definition) is 2. The number of nitrogens with one attached hydrogen (secondary N) is 1. The van der Waals surface area contributed by atoms with Gasteiger partial charge in [-0.15, -0.1) is 0 Å². The number of aromatic nitrogens is 2. The molecule has 4 rings (SSSR count). The minimum Gasteiger partial charge on any atom is -0.355 e. The molecule has 1 saturated carbocycles. The highest BCUT2D eigenvalue weighted by Crippen LogP contribution is 2.47. The molecule has 0 aliphatic heterocycles. The Labute approximate surface area is 174 Å². The summed E-state index contributed by atoms with van der Waals surface area (Å²) in [6, 6.07) is 14.1. The third kappa shape index (κ3) is 4.06. The van der Waals surface area contributed by atoms with Crippen LogP contribution in [0.5, 0.6) is 0 Å². The van der Waals surface area contributed by atoms with Crippen LogP contribution in [0.25, 0.3) is 5.69 Å². The van der Waals surface area contributed by atoms with Crippen molar-refractivity contribution in [3.8, 4) is 5.69 Å². The third-order valence-electron chi connectivity index (χ3n) is 5.78. The Morgan fingerprint density at radius 1 is 1.14 bits per heavy atom. The highest BCUT2D eigenvalue weighted by molar-refractivity contribution is 6.30. The van der Waals surface area contributed by atoms with Crippen molar-refractivity contribution in [2.45, 2.75) is 38.5 Å². The van der Waals surface area contributed by atoms with Gasteiger partial charge in [-0.05, 0) is 68.7 Å². The van der Waals surface area contributed by atoms with Crippen molar-refractivity contribution < 1.29 is 9.18 Å². The van der Waals surface area contributed by atoms with Gasteiger partial charge in [0.15, 0.2) is 0 Å². The maximum Gasteiger partial charge on any atom is 0.224 e. The van der Waals surface area contributed by atoms with E-state index < -0.39 is 0 Å². The summed E-state index contributed by atoms with van der Waals surface area (Å²) in [4.78, 5) is 12.6. The molecule has 1 heterocycles. The normalized spacial score (nSPS) is 14.6. The Kier molecular flexibility index (Phi) is 5.17. The molecule has 1 aromatic heterocycles. The molecule has 1 fully saturated rings. The van der Waals surface area contributed by atoms with Gasteiger partial charge in [0.05, 0.1) is 17.8 Å². The summed E-state index contributed by atoms with van der Waals surface area (Å²) >= 11 is 5.97. The van der Waals surface area contributed by atoms with E-state index in [1.807, 2.05) is 54.9 Å². The highest BCUT2D eigenvalue weighted by atomic mass is 35.5. The van der Waals surface area contributed by atoms with Crippen LogP contribution in [0.2, 0.25) is 5.02 Å². The average molecular weight is 412 g/mol. The zero-order valence-electron chi connectivity index (χ0n) is 16.5. The summed E-state index contributed by atoms with van der Waals surface area (Å²) < 4.78 is 15.0. The fourth-order valence-electron chi connectivity index (χ4n) is 3.78. The van der Waals surface area contributed by atoms with E-state index in [1.54, 1.807) is 0 Å². The standard InChI is InChI=1S/C23H23ClFN3O/c1-15-21(16(2)28(27-15)20-9-5-18(24)6-10-20)13-22(29)26-14-23(11-12-23)17-3-7-19(25)8-4-17/h3-10H,11-14H2,1-2H3,(H,26,29). The van der Waals surface area contributed by atoms with Gasteiger partial charge in [0.2, 0.25) is 5.91 Å². The largest absolute Gasteiger partial charge is 0.355 e. The molecule has 0 radical (unpaired) electrons. The number of carbonyl (C=O) groups excluding carboxylic acids is 1. The van der Waals surface area contributed by atoms with Gasteiger partial charge in [-0.2, -0.15) is 5.10 Å². The Hall–Kier alpha value is -2.66. The fourth-order valence-corrected chi connectivity index (χ4v) is 3.90. The van der Waals surface area contributed by atoms with Crippen LogP contribution in [-0.2, 0) is 16.6 Å². The van der Waals surface area contributed by atoms with Gasteiger partial charge < -0.3 is 5.32 Å². The molecule has 0 spiro atoms. The Bertz CT molecular complexity index is 1040. The van der Waals surface area contributed by atoms with E-state index >= 15 is 0 Å². The monoisotopic (exact) mass is 411 g/mol. The molecule has 29 heavy (non-hydrogen) atoms. The molecule has 1 amide bonds. The van der Waals surface area contributed by atoms with E-state index in [-0.39, 0.29) is 23.6 Å². The molecular weight excluding hydrogens is 389 g/mol. The van der Waals surface area contributed by atoms with E-state index in [1.165, 1.54) is 12.1 Å². The van der Waals surface area contributed by atoms with Gasteiger partial charge in [-0.3, -0.25) is 4.79 Å². The van der Waals surface area contributed by atoms with E-state index in [0.29, 0.717) is 11.6 Å². The Morgan fingerprint density at radius 2 is 1.79 bits per heavy atom. The fraction of sp³-hybridized carbons (Fsp3) is 0.304. The molecule has 6 heteroatoms. The molecule has 0 atom stereocenters. The van der Waals surface area contributed by atoms with Crippen molar-refractivity contribution in [1.82, 2.24) is 15.1 Å². The van der Waals surface area contributed by atoms with Gasteiger partial charge in [-0.1, -0.05) is 23.7 Å². The second kappa shape index (κ2) is 7.64. The smallest absolute Gasteiger partial charge is 0.224 e. The first-order valence-electron chi connectivity index (χ1n) is 9.72. The van der Waals surface area contributed by atoms with Crippen molar-refractivity contribution in [3.63, 3.8) is 0 Å². The van der Waals surface area contributed by atoms with Crippen LogP contribution in [-0.4, -0.2) is 22.2 Å². The summed E-state index contributed by atoms with van der Waals surface area (Å²) in [6.45, 7) is 4.46. The molecular formula is C23H23ClFN3O. The quantitative estimate of drug-likeness (QED) is 0.640.